The maximum atomic E-state index is 11.2. The third kappa shape index (κ3) is 4.31. The minimum absolute atomic E-state index is 0.141. The summed E-state index contributed by atoms with van der Waals surface area (Å²) in [5.41, 5.74) is 2.51. The smallest absolute Gasteiger partial charge is 0.307 e. The Morgan fingerprint density at radius 2 is 1.92 bits per heavy atom. The molecular weight excluding hydrogens is 314 g/mol. The van der Waals surface area contributed by atoms with E-state index in [2.05, 4.69) is 49.9 Å². The monoisotopic (exact) mass is 341 g/mol. The largest absolute Gasteiger partial charge is 0.481 e. The summed E-state index contributed by atoms with van der Waals surface area (Å²) in [5, 5.41) is 9.20. The summed E-state index contributed by atoms with van der Waals surface area (Å²) in [4.78, 5) is 13.4. The second-order valence-electron chi connectivity index (χ2n) is 8.01. The van der Waals surface area contributed by atoms with Gasteiger partial charge in [0, 0.05) is 12.1 Å². The van der Waals surface area contributed by atoms with Crippen molar-refractivity contribution in [2.45, 2.75) is 45.6 Å². The zero-order valence-electron chi connectivity index (χ0n) is 15.3. The number of rotatable bonds is 4. The van der Waals surface area contributed by atoms with Crippen LogP contribution < -0.4 is 0 Å². The molecule has 0 spiro atoms. The number of piperidine rings is 1. The molecule has 4 nitrogen and oxygen atoms in total. The summed E-state index contributed by atoms with van der Waals surface area (Å²) in [6, 6.07) is 12.5. The van der Waals surface area contributed by atoms with Crippen molar-refractivity contribution in [3.63, 3.8) is 0 Å². The van der Waals surface area contributed by atoms with Gasteiger partial charge in [-0.25, -0.2) is 0 Å². The molecule has 0 amide bonds. The number of hydrogen-bond donors (Lipinski definition) is 1. The fourth-order valence-corrected chi connectivity index (χ4v) is 3.37. The van der Waals surface area contributed by atoms with Gasteiger partial charge < -0.3 is 9.52 Å². The molecule has 4 heteroatoms. The van der Waals surface area contributed by atoms with E-state index < -0.39 is 5.97 Å². The van der Waals surface area contributed by atoms with E-state index in [1.54, 1.807) is 0 Å². The van der Waals surface area contributed by atoms with E-state index in [0.29, 0.717) is 13.1 Å². The predicted octanol–water partition coefficient (Wildman–Crippen LogP) is 4.54. The second-order valence-corrected chi connectivity index (χ2v) is 8.01. The Morgan fingerprint density at radius 1 is 1.20 bits per heavy atom. The number of hydrogen-bond acceptors (Lipinski definition) is 3. The zero-order valence-corrected chi connectivity index (χ0v) is 15.3. The first-order valence-corrected chi connectivity index (χ1v) is 8.98. The van der Waals surface area contributed by atoms with Crippen molar-refractivity contribution in [3.05, 3.63) is 47.7 Å². The van der Waals surface area contributed by atoms with Crippen molar-refractivity contribution >= 4 is 5.97 Å². The fourth-order valence-electron chi connectivity index (χ4n) is 3.37. The number of carboxylic acids is 1. The molecule has 1 aromatic carbocycles. The molecule has 3 rings (SSSR count). The number of carboxylic acid groups (broad SMARTS) is 1. The molecule has 1 saturated heterocycles. The molecule has 1 aromatic heterocycles. The first-order valence-electron chi connectivity index (χ1n) is 8.98. The number of nitrogens with zero attached hydrogens (tertiary/aromatic N) is 1. The van der Waals surface area contributed by atoms with Crippen LogP contribution in [0.4, 0.5) is 0 Å². The van der Waals surface area contributed by atoms with Crippen LogP contribution in [0.15, 0.2) is 40.8 Å². The van der Waals surface area contributed by atoms with E-state index in [4.69, 9.17) is 4.42 Å². The molecule has 0 saturated carbocycles. The summed E-state index contributed by atoms with van der Waals surface area (Å²) in [7, 11) is 0. The number of benzene rings is 1. The van der Waals surface area contributed by atoms with Gasteiger partial charge in [-0.05, 0) is 42.5 Å². The molecule has 1 aliphatic rings. The van der Waals surface area contributed by atoms with Crippen LogP contribution in [0.3, 0.4) is 0 Å². The normalized spacial score (nSPS) is 19.1. The fraction of sp³-hybridized carbons (Fsp3) is 0.476. The molecular formula is C21H27NO3. The number of aliphatic carboxylic acids is 1. The summed E-state index contributed by atoms with van der Waals surface area (Å²) < 4.78 is 6.00. The lowest BCUT2D eigenvalue weighted by Gasteiger charge is -2.29. The molecule has 0 aliphatic carbocycles. The Kier molecular flexibility index (Phi) is 5.00. The van der Waals surface area contributed by atoms with Crippen LogP contribution in [0.1, 0.15) is 44.9 Å². The maximum Gasteiger partial charge on any atom is 0.307 e. The molecule has 1 atom stereocenters. The predicted molar refractivity (Wildman–Crippen MR) is 98.5 cm³/mol. The molecule has 0 bridgehead atoms. The molecule has 1 unspecified atom stereocenters. The van der Waals surface area contributed by atoms with Gasteiger partial charge >= 0.3 is 5.97 Å². The average Bonchev–Trinajstić information content (AvgIpc) is 3.03. The maximum absolute atomic E-state index is 11.2. The molecule has 2 aromatic rings. The lowest BCUT2D eigenvalue weighted by Crippen LogP contribution is -2.38. The van der Waals surface area contributed by atoms with Gasteiger partial charge in [-0.1, -0.05) is 45.0 Å². The molecule has 0 radical (unpaired) electrons. The minimum atomic E-state index is -0.691. The number of likely N-dealkylation sites (tertiary alicyclic amines) is 1. The summed E-state index contributed by atoms with van der Waals surface area (Å²) in [6.45, 7) is 8.82. The highest BCUT2D eigenvalue weighted by Crippen LogP contribution is 2.28. The third-order valence-electron chi connectivity index (χ3n) is 4.93. The van der Waals surface area contributed by atoms with E-state index in [-0.39, 0.29) is 11.3 Å². The van der Waals surface area contributed by atoms with Gasteiger partial charge in [-0.3, -0.25) is 9.69 Å². The van der Waals surface area contributed by atoms with Gasteiger partial charge in [-0.2, -0.15) is 0 Å². The highest BCUT2D eigenvalue weighted by molar-refractivity contribution is 5.70. The third-order valence-corrected chi connectivity index (χ3v) is 4.93. The SMILES string of the molecule is CC(C)(C)c1ccc(-c2ccc(CN3CCCC(C(=O)O)C3)o2)cc1. The van der Waals surface area contributed by atoms with E-state index in [0.717, 1.165) is 36.5 Å². The Bertz CT molecular complexity index is 724. The van der Waals surface area contributed by atoms with Gasteiger partial charge in [0.2, 0.25) is 0 Å². The Labute approximate surface area is 149 Å². The Balaban J connectivity index is 1.67. The number of furan rings is 1. The van der Waals surface area contributed by atoms with E-state index >= 15 is 0 Å². The van der Waals surface area contributed by atoms with E-state index in [9.17, 15) is 9.90 Å². The molecule has 1 fully saturated rings. The summed E-state index contributed by atoms with van der Waals surface area (Å²) in [5.74, 6) is 0.806. The standard InChI is InChI=1S/C21H27NO3/c1-21(2,3)17-8-6-15(7-9-17)19-11-10-18(25-19)14-22-12-4-5-16(13-22)20(23)24/h6-11,16H,4-5,12-14H2,1-3H3,(H,23,24). The van der Waals surface area contributed by atoms with Crippen molar-refractivity contribution in [3.8, 4) is 11.3 Å². The van der Waals surface area contributed by atoms with Crippen LogP contribution in [0, 0.1) is 5.92 Å². The molecule has 25 heavy (non-hydrogen) atoms. The Morgan fingerprint density at radius 3 is 2.56 bits per heavy atom. The van der Waals surface area contributed by atoms with Crippen LogP contribution in [0.5, 0.6) is 0 Å². The lowest BCUT2D eigenvalue weighted by molar-refractivity contribution is -0.143. The van der Waals surface area contributed by atoms with Crippen molar-refractivity contribution in [2.24, 2.45) is 5.92 Å². The number of carbonyl (C=O) groups is 1. The zero-order chi connectivity index (χ0) is 18.0. The van der Waals surface area contributed by atoms with E-state index in [1.165, 1.54) is 5.56 Å². The molecule has 1 N–H and O–H groups in total. The molecule has 134 valence electrons. The van der Waals surface area contributed by atoms with Crippen molar-refractivity contribution in [2.75, 3.05) is 13.1 Å². The Hall–Kier alpha value is -2.07. The highest BCUT2D eigenvalue weighted by atomic mass is 16.4. The van der Waals surface area contributed by atoms with Crippen molar-refractivity contribution in [1.29, 1.82) is 0 Å². The quantitative estimate of drug-likeness (QED) is 0.887. The van der Waals surface area contributed by atoms with Crippen LogP contribution in [-0.4, -0.2) is 29.1 Å². The highest BCUT2D eigenvalue weighted by Gasteiger charge is 2.25. The average molecular weight is 341 g/mol. The van der Waals surface area contributed by atoms with Crippen LogP contribution in [0.2, 0.25) is 0 Å². The van der Waals surface area contributed by atoms with Crippen LogP contribution >= 0.6 is 0 Å². The first-order chi connectivity index (χ1) is 11.8. The molecule has 1 aliphatic heterocycles. The van der Waals surface area contributed by atoms with Gasteiger partial charge in [-0.15, -0.1) is 0 Å². The van der Waals surface area contributed by atoms with Gasteiger partial charge in [0.1, 0.15) is 11.5 Å². The first kappa shape index (κ1) is 17.7. The van der Waals surface area contributed by atoms with Crippen molar-refractivity contribution in [1.82, 2.24) is 4.90 Å². The topological polar surface area (TPSA) is 53.7 Å². The van der Waals surface area contributed by atoms with Gasteiger partial charge in [0.05, 0.1) is 12.5 Å². The van der Waals surface area contributed by atoms with Gasteiger partial charge in [0.15, 0.2) is 0 Å². The second kappa shape index (κ2) is 7.04. The minimum Gasteiger partial charge on any atom is -0.481 e. The van der Waals surface area contributed by atoms with Crippen LogP contribution in [-0.2, 0) is 16.8 Å². The lowest BCUT2D eigenvalue weighted by atomic mass is 9.86. The molecule has 2 heterocycles. The van der Waals surface area contributed by atoms with Gasteiger partial charge in [0.25, 0.3) is 0 Å². The summed E-state index contributed by atoms with van der Waals surface area (Å²) in [6.07, 6.45) is 1.70. The summed E-state index contributed by atoms with van der Waals surface area (Å²) >= 11 is 0. The van der Waals surface area contributed by atoms with Crippen molar-refractivity contribution < 1.29 is 14.3 Å². The van der Waals surface area contributed by atoms with E-state index in [1.807, 2.05) is 12.1 Å². The van der Waals surface area contributed by atoms with Crippen LogP contribution in [0.25, 0.3) is 11.3 Å².